The van der Waals surface area contributed by atoms with Gasteiger partial charge in [-0.25, -0.2) is 9.78 Å². The lowest BCUT2D eigenvalue weighted by Gasteiger charge is -2.33. The molecule has 1 heterocycles. The minimum Gasteiger partial charge on any atom is -0.314 e. The first-order valence-corrected chi connectivity index (χ1v) is 16.0. The lowest BCUT2D eigenvalue weighted by Crippen LogP contribution is -2.41. The second-order valence-electron chi connectivity index (χ2n) is 11.8. The average Bonchev–Trinajstić information content (AvgIpc) is 2.99. The Morgan fingerprint density at radius 2 is 1.53 bits per heavy atom. The van der Waals surface area contributed by atoms with E-state index in [1.54, 1.807) is 22.8 Å². The number of carbonyl (C=O) groups excluding carboxylic acids is 1. The van der Waals surface area contributed by atoms with Crippen molar-refractivity contribution in [2.24, 2.45) is 0 Å². The highest BCUT2D eigenvalue weighted by molar-refractivity contribution is 6.30. The van der Waals surface area contributed by atoms with Crippen molar-refractivity contribution < 1.29 is 4.79 Å². The van der Waals surface area contributed by atoms with E-state index >= 15 is 0 Å². The molecule has 1 atom stereocenters. The molecular weight excluding hydrogens is 556 g/mol. The number of unbranched alkanes of at least 4 members (excludes halogenated alkanes) is 3. The molecule has 1 N–H and O–H groups in total. The average molecular weight is 601 g/mol. The topological polar surface area (TPSA) is 67.2 Å². The summed E-state index contributed by atoms with van der Waals surface area (Å²) >= 11 is 6.22. The SMILES string of the molecule is CCCCCCN(C(=O)Nc1c(C(C)C)cccc1C(C)C)C(CC)c1nc2ccccc2c(=O)n1-c1ccc(Cl)cc1. The first kappa shape index (κ1) is 32.3. The van der Waals surface area contributed by atoms with Crippen LogP contribution in [0.4, 0.5) is 10.5 Å². The molecule has 0 saturated carbocycles. The van der Waals surface area contributed by atoms with E-state index in [2.05, 4.69) is 58.1 Å². The number of nitrogens with one attached hydrogen (secondary N) is 1. The Morgan fingerprint density at radius 1 is 0.884 bits per heavy atom. The van der Waals surface area contributed by atoms with Crippen molar-refractivity contribution in [3.05, 3.63) is 99.1 Å². The Kier molecular flexibility index (Phi) is 11.0. The number of nitrogens with zero attached hydrogens (tertiary/aromatic N) is 3. The highest BCUT2D eigenvalue weighted by Gasteiger charge is 2.30. The van der Waals surface area contributed by atoms with E-state index in [1.807, 2.05) is 42.2 Å². The summed E-state index contributed by atoms with van der Waals surface area (Å²) in [5.74, 6) is 1.03. The van der Waals surface area contributed by atoms with Crippen molar-refractivity contribution in [3.8, 4) is 5.69 Å². The fraction of sp³-hybridized carbons (Fsp3) is 0.417. The molecule has 0 spiro atoms. The largest absolute Gasteiger partial charge is 0.322 e. The van der Waals surface area contributed by atoms with Crippen LogP contribution in [-0.2, 0) is 0 Å². The molecule has 0 bridgehead atoms. The molecule has 7 heteroatoms. The van der Waals surface area contributed by atoms with Gasteiger partial charge >= 0.3 is 6.03 Å². The van der Waals surface area contributed by atoms with Gasteiger partial charge in [0.05, 0.1) is 22.6 Å². The molecule has 0 aliphatic carbocycles. The van der Waals surface area contributed by atoms with E-state index in [4.69, 9.17) is 16.6 Å². The second-order valence-corrected chi connectivity index (χ2v) is 12.3. The number of fused-ring (bicyclic) bond motifs is 1. The Balaban J connectivity index is 1.87. The van der Waals surface area contributed by atoms with Crippen LogP contribution in [-0.4, -0.2) is 27.0 Å². The highest BCUT2D eigenvalue weighted by Crippen LogP contribution is 2.34. The normalized spacial score (nSPS) is 12.2. The summed E-state index contributed by atoms with van der Waals surface area (Å²) < 4.78 is 1.65. The zero-order valence-corrected chi connectivity index (χ0v) is 27.1. The minimum atomic E-state index is -0.441. The van der Waals surface area contributed by atoms with Crippen molar-refractivity contribution in [2.45, 2.75) is 91.5 Å². The number of benzene rings is 3. The van der Waals surface area contributed by atoms with Gasteiger partial charge < -0.3 is 10.2 Å². The van der Waals surface area contributed by atoms with Gasteiger partial charge in [0, 0.05) is 17.3 Å². The second kappa shape index (κ2) is 14.7. The van der Waals surface area contributed by atoms with Gasteiger partial charge in [-0.05, 0) is 72.2 Å². The molecular formula is C36H45ClN4O2. The molecule has 4 rings (SSSR count). The fourth-order valence-electron chi connectivity index (χ4n) is 5.74. The maximum absolute atomic E-state index is 14.4. The van der Waals surface area contributed by atoms with Gasteiger partial charge in [-0.15, -0.1) is 0 Å². The number of halogens is 1. The summed E-state index contributed by atoms with van der Waals surface area (Å²) in [6.07, 6.45) is 4.67. The van der Waals surface area contributed by atoms with Crippen molar-refractivity contribution in [3.63, 3.8) is 0 Å². The van der Waals surface area contributed by atoms with Crippen LogP contribution in [0.3, 0.4) is 0 Å². The summed E-state index contributed by atoms with van der Waals surface area (Å²) in [6.45, 7) is 13.4. The van der Waals surface area contributed by atoms with E-state index in [0.29, 0.717) is 40.4 Å². The molecule has 1 unspecified atom stereocenters. The third-order valence-corrected chi connectivity index (χ3v) is 8.32. The standard InChI is InChI=1S/C36H45ClN4O2/c1-7-9-10-13-23-40(36(43)39-33-28(24(3)4)16-14-17-29(33)25(5)6)32(8-2)34-38-31-18-12-11-15-30(31)35(42)41(34)27-21-19-26(37)20-22-27/h11-12,14-22,24-25,32H,7-10,13,23H2,1-6H3,(H,39,43). The monoisotopic (exact) mass is 600 g/mol. The molecule has 2 amide bonds. The number of aromatic nitrogens is 2. The zero-order valence-electron chi connectivity index (χ0n) is 26.4. The first-order valence-electron chi connectivity index (χ1n) is 15.7. The fourth-order valence-corrected chi connectivity index (χ4v) is 5.86. The number of para-hydroxylation sites is 2. The summed E-state index contributed by atoms with van der Waals surface area (Å²) in [5.41, 5.74) is 4.22. The predicted octanol–water partition coefficient (Wildman–Crippen LogP) is 9.85. The maximum Gasteiger partial charge on any atom is 0.322 e. The van der Waals surface area contributed by atoms with Gasteiger partial charge in [0.25, 0.3) is 5.56 Å². The van der Waals surface area contributed by atoms with Gasteiger partial charge in [0.15, 0.2) is 0 Å². The lowest BCUT2D eigenvalue weighted by molar-refractivity contribution is 0.179. The lowest BCUT2D eigenvalue weighted by atomic mass is 9.92. The molecule has 1 aromatic heterocycles. The molecule has 0 radical (unpaired) electrons. The highest BCUT2D eigenvalue weighted by atomic mass is 35.5. The van der Waals surface area contributed by atoms with Crippen molar-refractivity contribution in [2.75, 3.05) is 11.9 Å². The van der Waals surface area contributed by atoms with Crippen LogP contribution < -0.4 is 10.9 Å². The Hall–Kier alpha value is -3.64. The van der Waals surface area contributed by atoms with E-state index < -0.39 is 6.04 Å². The van der Waals surface area contributed by atoms with Gasteiger partial charge in [0.2, 0.25) is 0 Å². The van der Waals surface area contributed by atoms with Crippen molar-refractivity contribution in [1.82, 2.24) is 14.5 Å². The van der Waals surface area contributed by atoms with E-state index in [-0.39, 0.29) is 23.4 Å². The summed E-state index contributed by atoms with van der Waals surface area (Å²) in [5, 5.41) is 4.45. The molecule has 3 aromatic carbocycles. The molecule has 6 nitrogen and oxygen atoms in total. The van der Waals surface area contributed by atoms with Gasteiger partial charge in [-0.1, -0.05) is 103 Å². The smallest absolute Gasteiger partial charge is 0.314 e. The van der Waals surface area contributed by atoms with Crippen LogP contribution in [0.2, 0.25) is 5.02 Å². The molecule has 0 aliphatic rings. The summed E-state index contributed by atoms with van der Waals surface area (Å²) in [4.78, 5) is 35.4. The number of carbonyl (C=O) groups is 1. The van der Waals surface area contributed by atoms with Gasteiger partial charge in [-0.3, -0.25) is 9.36 Å². The van der Waals surface area contributed by atoms with Crippen LogP contribution >= 0.6 is 11.6 Å². The number of amides is 2. The number of urea groups is 1. The van der Waals surface area contributed by atoms with Crippen LogP contribution in [0.15, 0.2) is 71.5 Å². The number of hydrogen-bond acceptors (Lipinski definition) is 3. The number of hydrogen-bond donors (Lipinski definition) is 1. The van der Waals surface area contributed by atoms with E-state index in [9.17, 15) is 9.59 Å². The molecule has 228 valence electrons. The quantitative estimate of drug-likeness (QED) is 0.165. The molecule has 43 heavy (non-hydrogen) atoms. The van der Waals surface area contributed by atoms with Crippen LogP contribution in [0.25, 0.3) is 16.6 Å². The minimum absolute atomic E-state index is 0.167. The van der Waals surface area contributed by atoms with Gasteiger partial charge in [0.1, 0.15) is 5.82 Å². The van der Waals surface area contributed by atoms with E-state index in [1.165, 1.54) is 0 Å². The van der Waals surface area contributed by atoms with E-state index in [0.717, 1.165) is 42.5 Å². The Labute approximate surface area is 261 Å². The molecule has 0 saturated heterocycles. The zero-order chi connectivity index (χ0) is 31.1. The molecule has 0 aliphatic heterocycles. The van der Waals surface area contributed by atoms with Crippen molar-refractivity contribution in [1.29, 1.82) is 0 Å². The van der Waals surface area contributed by atoms with Crippen LogP contribution in [0, 0.1) is 0 Å². The first-order chi connectivity index (χ1) is 20.7. The Bertz CT molecular complexity index is 1570. The summed E-state index contributed by atoms with van der Waals surface area (Å²) in [7, 11) is 0. The third kappa shape index (κ3) is 7.30. The summed E-state index contributed by atoms with van der Waals surface area (Å²) in [6, 6.07) is 20.2. The third-order valence-electron chi connectivity index (χ3n) is 8.07. The Morgan fingerprint density at radius 3 is 2.14 bits per heavy atom. The van der Waals surface area contributed by atoms with Crippen LogP contribution in [0.5, 0.6) is 0 Å². The van der Waals surface area contributed by atoms with Crippen LogP contribution in [0.1, 0.15) is 108 Å². The maximum atomic E-state index is 14.4. The molecule has 0 fully saturated rings. The number of anilines is 1. The predicted molar refractivity (Wildman–Crippen MR) is 180 cm³/mol. The number of rotatable bonds is 12. The van der Waals surface area contributed by atoms with Gasteiger partial charge in [-0.2, -0.15) is 0 Å². The molecule has 4 aromatic rings. The van der Waals surface area contributed by atoms with Crippen molar-refractivity contribution >= 4 is 34.2 Å².